The second kappa shape index (κ2) is 5.37. The Hall–Kier alpha value is -0.740. The Morgan fingerprint density at radius 2 is 1.73 bits per heavy atom. The average molecular weight is 225 g/mol. The number of carbonyl (C=O) groups is 1. The smallest absolute Gasteiger partial charge is 0.342 e. The number of rotatable bonds is 0. The summed E-state index contributed by atoms with van der Waals surface area (Å²) in [6, 6.07) is 0. The third-order valence-electron chi connectivity index (χ3n) is 2.48. The van der Waals surface area contributed by atoms with Crippen molar-refractivity contribution in [3.63, 3.8) is 0 Å². The van der Waals surface area contributed by atoms with Gasteiger partial charge in [0, 0.05) is 20.0 Å². The third-order valence-corrected chi connectivity index (χ3v) is 2.48. The zero-order valence-electron chi connectivity index (χ0n) is 9.56. The molecular weight excluding hydrogens is 207 g/mol. The lowest BCUT2D eigenvalue weighted by Gasteiger charge is -2.17. The van der Waals surface area contributed by atoms with Crippen molar-refractivity contribution in [3.8, 4) is 0 Å². The van der Waals surface area contributed by atoms with Gasteiger partial charge in [-0.05, 0) is 5.92 Å². The van der Waals surface area contributed by atoms with Gasteiger partial charge >= 0.3 is 6.18 Å². The molecule has 15 heavy (non-hydrogen) atoms. The minimum Gasteiger partial charge on any atom is -0.342 e. The van der Waals surface area contributed by atoms with E-state index in [1.54, 1.807) is 0 Å². The van der Waals surface area contributed by atoms with Gasteiger partial charge in [-0.25, -0.2) is 0 Å². The first kappa shape index (κ1) is 14.3. The highest BCUT2D eigenvalue weighted by Gasteiger charge is 2.48. The molecule has 0 spiro atoms. The highest BCUT2D eigenvalue weighted by molar-refractivity contribution is 5.73. The van der Waals surface area contributed by atoms with Crippen molar-refractivity contribution >= 4 is 5.91 Å². The number of amides is 1. The van der Waals surface area contributed by atoms with E-state index in [9.17, 15) is 18.0 Å². The molecule has 2 nitrogen and oxygen atoms in total. The number of alkyl halides is 3. The normalized spacial score (nSPS) is 25.9. The van der Waals surface area contributed by atoms with Crippen LogP contribution >= 0.6 is 0 Å². The summed E-state index contributed by atoms with van der Waals surface area (Å²) in [6.07, 6.45) is -4.18. The second-order valence-corrected chi connectivity index (χ2v) is 3.55. The average Bonchev–Trinajstić information content (AvgIpc) is 2.50. The second-order valence-electron chi connectivity index (χ2n) is 3.55. The molecule has 5 heteroatoms. The third kappa shape index (κ3) is 3.72. The molecule has 2 atom stereocenters. The summed E-state index contributed by atoms with van der Waals surface area (Å²) in [6.45, 7) is 6.87. The summed E-state index contributed by atoms with van der Waals surface area (Å²) in [5.41, 5.74) is 0. The van der Waals surface area contributed by atoms with Gasteiger partial charge in [-0.2, -0.15) is 13.2 Å². The quantitative estimate of drug-likeness (QED) is 0.620. The van der Waals surface area contributed by atoms with Crippen LogP contribution in [0.25, 0.3) is 0 Å². The monoisotopic (exact) mass is 225 g/mol. The number of nitrogens with zero attached hydrogens (tertiary/aromatic N) is 1. The number of hydrogen-bond acceptors (Lipinski definition) is 1. The molecule has 0 aromatic carbocycles. The molecule has 0 bridgehead atoms. The van der Waals surface area contributed by atoms with Crippen molar-refractivity contribution in [2.45, 2.75) is 33.9 Å². The van der Waals surface area contributed by atoms with E-state index in [0.29, 0.717) is 0 Å². The molecule has 1 fully saturated rings. The van der Waals surface area contributed by atoms with Crippen LogP contribution in [0.4, 0.5) is 13.2 Å². The number of hydrogen-bond donors (Lipinski definition) is 0. The van der Waals surface area contributed by atoms with E-state index >= 15 is 0 Å². The van der Waals surface area contributed by atoms with Crippen molar-refractivity contribution in [2.24, 2.45) is 11.8 Å². The Labute approximate surface area is 88.4 Å². The molecule has 0 aromatic heterocycles. The molecule has 0 N–H and O–H groups in total. The van der Waals surface area contributed by atoms with Crippen LogP contribution in [0, 0.1) is 11.8 Å². The fraction of sp³-hybridized carbons (Fsp3) is 0.900. The molecule has 1 aliphatic rings. The topological polar surface area (TPSA) is 20.3 Å². The zero-order valence-corrected chi connectivity index (χ0v) is 9.56. The molecule has 0 aromatic rings. The van der Waals surface area contributed by atoms with Crippen LogP contribution < -0.4 is 0 Å². The van der Waals surface area contributed by atoms with Crippen LogP contribution in [0.1, 0.15) is 27.7 Å². The fourth-order valence-electron chi connectivity index (χ4n) is 1.65. The van der Waals surface area contributed by atoms with Gasteiger partial charge < -0.3 is 4.90 Å². The lowest BCUT2D eigenvalue weighted by atomic mass is 9.98. The first-order chi connectivity index (χ1) is 6.82. The standard InChI is InChI=1S/C8H12F3NO.C2H6/c1-5-3-12(6(2)13)4-7(5)8(9,10)11;1-2/h5,7H,3-4H2,1-2H3;1-2H3. The molecular formula is C10H18F3NO. The molecule has 90 valence electrons. The summed E-state index contributed by atoms with van der Waals surface area (Å²) < 4.78 is 36.9. The predicted octanol–water partition coefficient (Wildman–Crippen LogP) is 2.69. The fourth-order valence-corrected chi connectivity index (χ4v) is 1.65. The van der Waals surface area contributed by atoms with Crippen molar-refractivity contribution < 1.29 is 18.0 Å². The first-order valence-electron chi connectivity index (χ1n) is 5.14. The molecule has 0 aliphatic carbocycles. The number of carbonyl (C=O) groups excluding carboxylic acids is 1. The number of halogens is 3. The molecule has 1 rings (SSSR count). The predicted molar refractivity (Wildman–Crippen MR) is 52.3 cm³/mol. The van der Waals surface area contributed by atoms with E-state index in [1.165, 1.54) is 18.7 Å². The summed E-state index contributed by atoms with van der Waals surface area (Å²) in [7, 11) is 0. The van der Waals surface area contributed by atoms with Gasteiger partial charge in [-0.3, -0.25) is 4.79 Å². The summed E-state index contributed by atoms with van der Waals surface area (Å²) in [5.74, 6) is -2.11. The Morgan fingerprint density at radius 3 is 1.93 bits per heavy atom. The van der Waals surface area contributed by atoms with Crippen LogP contribution in [0.2, 0.25) is 0 Å². The van der Waals surface area contributed by atoms with E-state index in [4.69, 9.17) is 0 Å². The van der Waals surface area contributed by atoms with Gasteiger partial charge in [0.1, 0.15) is 0 Å². The van der Waals surface area contributed by atoms with E-state index < -0.39 is 18.0 Å². The van der Waals surface area contributed by atoms with Crippen molar-refractivity contribution in [1.29, 1.82) is 0 Å². The van der Waals surface area contributed by atoms with E-state index in [1.807, 2.05) is 13.8 Å². The van der Waals surface area contributed by atoms with Crippen molar-refractivity contribution in [1.82, 2.24) is 4.90 Å². The maximum absolute atomic E-state index is 12.3. The molecule has 0 radical (unpaired) electrons. The van der Waals surface area contributed by atoms with Gasteiger partial charge in [0.25, 0.3) is 0 Å². The Morgan fingerprint density at radius 1 is 1.27 bits per heavy atom. The van der Waals surface area contributed by atoms with Gasteiger partial charge in [-0.15, -0.1) is 0 Å². The zero-order chi connectivity index (χ0) is 12.2. The van der Waals surface area contributed by atoms with Crippen molar-refractivity contribution in [3.05, 3.63) is 0 Å². The van der Waals surface area contributed by atoms with E-state index in [-0.39, 0.29) is 19.0 Å². The molecule has 2 unspecified atom stereocenters. The van der Waals surface area contributed by atoms with Gasteiger partial charge in [0.05, 0.1) is 5.92 Å². The van der Waals surface area contributed by atoms with Crippen LogP contribution in [0.5, 0.6) is 0 Å². The van der Waals surface area contributed by atoms with Crippen LogP contribution in [0.15, 0.2) is 0 Å². The Kier molecular flexibility index (Phi) is 5.11. The molecule has 1 amide bonds. The lowest BCUT2D eigenvalue weighted by Crippen LogP contribution is -2.30. The summed E-state index contributed by atoms with van der Waals surface area (Å²) in [4.78, 5) is 12.1. The molecule has 1 saturated heterocycles. The maximum atomic E-state index is 12.3. The highest BCUT2D eigenvalue weighted by Crippen LogP contribution is 2.37. The Balaban J connectivity index is 0.000000921. The van der Waals surface area contributed by atoms with E-state index in [2.05, 4.69) is 0 Å². The molecule has 1 heterocycles. The van der Waals surface area contributed by atoms with Gasteiger partial charge in [-0.1, -0.05) is 20.8 Å². The van der Waals surface area contributed by atoms with Crippen LogP contribution in [0.3, 0.4) is 0 Å². The SMILES string of the molecule is CC.CC(=O)N1CC(C)C(C(F)(F)F)C1. The highest BCUT2D eigenvalue weighted by atomic mass is 19.4. The van der Waals surface area contributed by atoms with Gasteiger partial charge in [0.15, 0.2) is 0 Å². The van der Waals surface area contributed by atoms with Crippen molar-refractivity contribution in [2.75, 3.05) is 13.1 Å². The maximum Gasteiger partial charge on any atom is 0.393 e. The summed E-state index contributed by atoms with van der Waals surface area (Å²) >= 11 is 0. The summed E-state index contributed by atoms with van der Waals surface area (Å²) in [5, 5.41) is 0. The first-order valence-corrected chi connectivity index (χ1v) is 5.14. The van der Waals surface area contributed by atoms with E-state index in [0.717, 1.165) is 0 Å². The Bertz CT molecular complexity index is 215. The van der Waals surface area contributed by atoms with Gasteiger partial charge in [0.2, 0.25) is 5.91 Å². The minimum absolute atomic E-state index is 0.181. The number of likely N-dealkylation sites (tertiary alicyclic amines) is 1. The molecule has 0 saturated carbocycles. The molecule has 1 aliphatic heterocycles. The minimum atomic E-state index is -4.18. The largest absolute Gasteiger partial charge is 0.393 e. The van der Waals surface area contributed by atoms with Crippen LogP contribution in [-0.2, 0) is 4.79 Å². The lowest BCUT2D eigenvalue weighted by molar-refractivity contribution is -0.179. The van der Waals surface area contributed by atoms with Crippen LogP contribution in [-0.4, -0.2) is 30.1 Å².